The van der Waals surface area contributed by atoms with Crippen LogP contribution in [0.4, 0.5) is 0 Å². The minimum absolute atomic E-state index is 0.482. The number of aryl methyl sites for hydroxylation is 1. The van der Waals surface area contributed by atoms with Crippen molar-refractivity contribution in [2.24, 2.45) is 10.7 Å². The van der Waals surface area contributed by atoms with E-state index in [1.165, 1.54) is 32.1 Å². The maximum Gasteiger partial charge on any atom is 0.189 e. The Balaban J connectivity index is 1.62. The molecule has 0 aliphatic heterocycles. The molecule has 2 aromatic rings. The van der Waals surface area contributed by atoms with Crippen molar-refractivity contribution in [2.75, 3.05) is 0 Å². The van der Waals surface area contributed by atoms with Crippen molar-refractivity contribution in [2.45, 2.75) is 51.6 Å². The minimum Gasteiger partial charge on any atom is -0.370 e. The molecule has 0 atom stereocenters. The van der Waals surface area contributed by atoms with E-state index in [0.717, 1.165) is 17.0 Å². The quantitative estimate of drug-likeness (QED) is 0.597. The van der Waals surface area contributed by atoms with Crippen molar-refractivity contribution in [1.29, 1.82) is 0 Å². The van der Waals surface area contributed by atoms with Crippen LogP contribution in [0.1, 0.15) is 43.5 Å². The third-order valence-corrected chi connectivity index (χ3v) is 4.17. The van der Waals surface area contributed by atoms with Gasteiger partial charge in [-0.05, 0) is 31.4 Å². The molecule has 3 rings (SSSR count). The number of H-pyrrole nitrogens is 1. The van der Waals surface area contributed by atoms with Gasteiger partial charge in [0.15, 0.2) is 11.8 Å². The molecule has 0 radical (unpaired) electrons. The molecular weight excluding hydrogens is 288 g/mol. The Hall–Kier alpha value is -2.37. The second-order valence-corrected chi connectivity index (χ2v) is 6.13. The molecule has 1 heterocycles. The Morgan fingerprint density at radius 3 is 2.91 bits per heavy atom. The lowest BCUT2D eigenvalue weighted by Crippen LogP contribution is -2.41. The molecule has 1 aliphatic rings. The van der Waals surface area contributed by atoms with Gasteiger partial charge >= 0.3 is 0 Å². The first-order valence-electron chi connectivity index (χ1n) is 8.25. The van der Waals surface area contributed by atoms with E-state index in [4.69, 9.17) is 5.73 Å². The molecule has 6 nitrogen and oxygen atoms in total. The highest BCUT2D eigenvalue weighted by molar-refractivity contribution is 5.78. The van der Waals surface area contributed by atoms with Crippen molar-refractivity contribution in [3.8, 4) is 11.4 Å². The van der Waals surface area contributed by atoms with Crippen LogP contribution in [-0.2, 0) is 6.54 Å². The number of aliphatic imine (C=N–C) groups is 1. The molecule has 6 heteroatoms. The first kappa shape index (κ1) is 15.5. The molecule has 1 saturated carbocycles. The summed E-state index contributed by atoms with van der Waals surface area (Å²) in [6, 6.07) is 8.58. The lowest BCUT2D eigenvalue weighted by atomic mass is 9.96. The van der Waals surface area contributed by atoms with Gasteiger partial charge in [0.05, 0.1) is 6.54 Å². The molecule has 23 heavy (non-hydrogen) atoms. The first-order valence-corrected chi connectivity index (χ1v) is 8.25. The van der Waals surface area contributed by atoms with Gasteiger partial charge in [0.25, 0.3) is 0 Å². The fourth-order valence-electron chi connectivity index (χ4n) is 2.96. The zero-order valence-corrected chi connectivity index (χ0v) is 13.5. The van der Waals surface area contributed by atoms with E-state index in [2.05, 4.69) is 31.6 Å². The monoisotopic (exact) mass is 312 g/mol. The van der Waals surface area contributed by atoms with Crippen molar-refractivity contribution >= 4 is 5.96 Å². The van der Waals surface area contributed by atoms with Gasteiger partial charge in [-0.15, -0.1) is 0 Å². The standard InChI is InChI=1S/C17H24N6/c1-12-20-16(23-22-12)14-7-5-6-13(10-14)11-19-17(18)21-15-8-3-2-4-9-15/h5-7,10,15H,2-4,8-9,11H2,1H3,(H3,18,19,21)(H,20,22,23). The number of nitrogens with two attached hydrogens (primary N) is 1. The van der Waals surface area contributed by atoms with Crippen LogP contribution in [-0.4, -0.2) is 27.2 Å². The lowest BCUT2D eigenvalue weighted by molar-refractivity contribution is 0.412. The Morgan fingerprint density at radius 2 is 2.17 bits per heavy atom. The summed E-state index contributed by atoms with van der Waals surface area (Å²) in [7, 11) is 0. The number of aromatic amines is 1. The number of rotatable bonds is 4. The molecule has 1 aromatic carbocycles. The summed E-state index contributed by atoms with van der Waals surface area (Å²) in [5, 5.41) is 10.4. The first-order chi connectivity index (χ1) is 11.2. The van der Waals surface area contributed by atoms with E-state index in [1.54, 1.807) is 0 Å². The molecule has 122 valence electrons. The van der Waals surface area contributed by atoms with Crippen LogP contribution in [0.15, 0.2) is 29.3 Å². The normalized spacial score (nSPS) is 16.5. The van der Waals surface area contributed by atoms with Gasteiger partial charge in [-0.1, -0.05) is 37.5 Å². The van der Waals surface area contributed by atoms with Gasteiger partial charge in [0.1, 0.15) is 5.82 Å². The van der Waals surface area contributed by atoms with E-state index in [9.17, 15) is 0 Å². The van der Waals surface area contributed by atoms with Crippen LogP contribution in [0.2, 0.25) is 0 Å². The Bertz CT molecular complexity index is 669. The summed E-state index contributed by atoms with van der Waals surface area (Å²) in [6.07, 6.45) is 6.28. The molecule has 0 amide bonds. The number of hydrogen-bond donors (Lipinski definition) is 3. The van der Waals surface area contributed by atoms with Crippen LogP contribution in [0.3, 0.4) is 0 Å². The van der Waals surface area contributed by atoms with Crippen molar-refractivity contribution in [3.05, 3.63) is 35.7 Å². The zero-order chi connectivity index (χ0) is 16.1. The molecule has 0 spiro atoms. The summed E-state index contributed by atoms with van der Waals surface area (Å²) in [5.74, 6) is 2.06. The molecular formula is C17H24N6. The van der Waals surface area contributed by atoms with E-state index >= 15 is 0 Å². The molecule has 0 bridgehead atoms. The summed E-state index contributed by atoms with van der Waals surface area (Å²) in [5.41, 5.74) is 8.10. The minimum atomic E-state index is 0.482. The highest BCUT2D eigenvalue weighted by Crippen LogP contribution is 2.18. The SMILES string of the molecule is Cc1nc(-c2cccc(CN=C(N)NC3CCCCC3)c2)n[nH]1. The average Bonchev–Trinajstić information content (AvgIpc) is 3.01. The Labute approximate surface area is 136 Å². The fraction of sp³-hybridized carbons (Fsp3) is 0.471. The third-order valence-electron chi connectivity index (χ3n) is 4.17. The van der Waals surface area contributed by atoms with Crippen LogP contribution in [0, 0.1) is 6.92 Å². The van der Waals surface area contributed by atoms with Gasteiger partial charge in [0, 0.05) is 11.6 Å². The lowest BCUT2D eigenvalue weighted by Gasteiger charge is -2.23. The number of benzene rings is 1. The molecule has 4 N–H and O–H groups in total. The average molecular weight is 312 g/mol. The molecule has 1 aromatic heterocycles. The zero-order valence-electron chi connectivity index (χ0n) is 13.5. The topological polar surface area (TPSA) is 92.0 Å². The second kappa shape index (κ2) is 7.26. The maximum absolute atomic E-state index is 6.01. The van der Waals surface area contributed by atoms with Gasteiger partial charge in [0.2, 0.25) is 0 Å². The predicted molar refractivity (Wildman–Crippen MR) is 91.9 cm³/mol. The van der Waals surface area contributed by atoms with Gasteiger partial charge in [-0.3, -0.25) is 5.10 Å². The smallest absolute Gasteiger partial charge is 0.189 e. The van der Waals surface area contributed by atoms with Crippen LogP contribution < -0.4 is 11.1 Å². The number of hydrogen-bond acceptors (Lipinski definition) is 3. The van der Waals surface area contributed by atoms with E-state index in [0.29, 0.717) is 24.4 Å². The number of aromatic nitrogens is 3. The van der Waals surface area contributed by atoms with E-state index < -0.39 is 0 Å². The van der Waals surface area contributed by atoms with Gasteiger partial charge in [-0.2, -0.15) is 5.10 Å². The maximum atomic E-state index is 6.01. The Morgan fingerprint density at radius 1 is 1.35 bits per heavy atom. The molecule has 1 fully saturated rings. The fourth-order valence-corrected chi connectivity index (χ4v) is 2.96. The Kier molecular flexibility index (Phi) is 4.90. The number of nitrogens with zero attached hydrogens (tertiary/aromatic N) is 3. The summed E-state index contributed by atoms with van der Waals surface area (Å²) < 4.78 is 0. The molecule has 1 aliphatic carbocycles. The van der Waals surface area contributed by atoms with E-state index in [1.807, 2.05) is 25.1 Å². The van der Waals surface area contributed by atoms with Crippen molar-refractivity contribution in [3.63, 3.8) is 0 Å². The molecule has 0 saturated heterocycles. The van der Waals surface area contributed by atoms with Crippen LogP contribution in [0.5, 0.6) is 0 Å². The van der Waals surface area contributed by atoms with Crippen molar-refractivity contribution < 1.29 is 0 Å². The summed E-state index contributed by atoms with van der Waals surface area (Å²) in [6.45, 7) is 2.45. The number of guanidine groups is 1. The largest absolute Gasteiger partial charge is 0.370 e. The number of nitrogens with one attached hydrogen (secondary N) is 2. The summed E-state index contributed by atoms with van der Waals surface area (Å²) in [4.78, 5) is 8.82. The molecule has 0 unspecified atom stereocenters. The second-order valence-electron chi connectivity index (χ2n) is 6.13. The summed E-state index contributed by atoms with van der Waals surface area (Å²) >= 11 is 0. The highest BCUT2D eigenvalue weighted by Gasteiger charge is 2.13. The van der Waals surface area contributed by atoms with Gasteiger partial charge in [-0.25, -0.2) is 9.98 Å². The van der Waals surface area contributed by atoms with Crippen LogP contribution >= 0.6 is 0 Å². The van der Waals surface area contributed by atoms with E-state index in [-0.39, 0.29) is 0 Å². The predicted octanol–water partition coefficient (Wildman–Crippen LogP) is 2.52. The highest BCUT2D eigenvalue weighted by atomic mass is 15.2. The van der Waals surface area contributed by atoms with Crippen LogP contribution in [0.25, 0.3) is 11.4 Å². The van der Waals surface area contributed by atoms with Crippen molar-refractivity contribution in [1.82, 2.24) is 20.5 Å². The van der Waals surface area contributed by atoms with Gasteiger partial charge < -0.3 is 11.1 Å². The third kappa shape index (κ3) is 4.31.